The summed E-state index contributed by atoms with van der Waals surface area (Å²) >= 11 is 0. The minimum absolute atomic E-state index is 0.105. The standard InChI is InChI=1S/C24H34N4O3/c1-2-3-4-12-27(17-9-8-16(13-17)14-25)20-7-5-6-18-19(20)15-28(24(18)31)21-10-11-22(29)26-23(21)30/h5-7,16-17,21H,2-4,8-15,25H2,1H3,(H,26,29,30)/t16-,17+,21?/m0/s1. The highest BCUT2D eigenvalue weighted by Crippen LogP contribution is 2.38. The average molecular weight is 427 g/mol. The normalized spacial score (nSPS) is 25.7. The molecule has 1 saturated carbocycles. The Kier molecular flexibility index (Phi) is 6.60. The van der Waals surface area contributed by atoms with Gasteiger partial charge in [-0.1, -0.05) is 25.8 Å². The number of fused-ring (bicyclic) bond motifs is 1. The fraction of sp³-hybridized carbons (Fsp3) is 0.625. The number of nitrogens with zero attached hydrogens (tertiary/aromatic N) is 2. The van der Waals surface area contributed by atoms with Gasteiger partial charge >= 0.3 is 0 Å². The predicted octanol–water partition coefficient (Wildman–Crippen LogP) is 2.57. The number of anilines is 1. The number of carbonyl (C=O) groups excluding carboxylic acids is 3. The number of carbonyl (C=O) groups is 3. The van der Waals surface area contributed by atoms with Crippen molar-refractivity contribution in [2.24, 2.45) is 11.7 Å². The van der Waals surface area contributed by atoms with Gasteiger partial charge in [0.15, 0.2) is 0 Å². The van der Waals surface area contributed by atoms with Crippen LogP contribution in [-0.4, -0.2) is 47.8 Å². The molecule has 168 valence electrons. The summed E-state index contributed by atoms with van der Waals surface area (Å²) in [7, 11) is 0. The largest absolute Gasteiger partial charge is 0.368 e. The Morgan fingerprint density at radius 3 is 2.71 bits per heavy atom. The van der Waals surface area contributed by atoms with Crippen molar-refractivity contribution in [2.75, 3.05) is 18.0 Å². The second-order valence-electron chi connectivity index (χ2n) is 9.17. The average Bonchev–Trinajstić information content (AvgIpc) is 3.36. The van der Waals surface area contributed by atoms with Crippen LogP contribution in [0.15, 0.2) is 18.2 Å². The van der Waals surface area contributed by atoms with Gasteiger partial charge in [-0.05, 0) is 56.7 Å². The topological polar surface area (TPSA) is 95.7 Å². The van der Waals surface area contributed by atoms with Crippen molar-refractivity contribution in [1.82, 2.24) is 10.2 Å². The van der Waals surface area contributed by atoms with Crippen LogP contribution in [0.2, 0.25) is 0 Å². The highest BCUT2D eigenvalue weighted by molar-refractivity contribution is 6.06. The fourth-order valence-electron chi connectivity index (χ4n) is 5.42. The summed E-state index contributed by atoms with van der Waals surface area (Å²) in [5.41, 5.74) is 8.79. The highest BCUT2D eigenvalue weighted by Gasteiger charge is 2.41. The van der Waals surface area contributed by atoms with Gasteiger partial charge in [-0.25, -0.2) is 0 Å². The molecule has 0 radical (unpaired) electrons. The van der Waals surface area contributed by atoms with Gasteiger partial charge in [0.05, 0.1) is 0 Å². The zero-order valence-corrected chi connectivity index (χ0v) is 18.4. The van der Waals surface area contributed by atoms with E-state index in [1.807, 2.05) is 12.1 Å². The summed E-state index contributed by atoms with van der Waals surface area (Å²) in [6.45, 7) is 4.34. The molecule has 1 unspecified atom stereocenters. The lowest BCUT2D eigenvalue weighted by atomic mass is 10.0. The Morgan fingerprint density at radius 1 is 1.16 bits per heavy atom. The maximum Gasteiger partial charge on any atom is 0.255 e. The first-order valence-electron chi connectivity index (χ1n) is 11.8. The number of piperidine rings is 1. The first kappa shape index (κ1) is 21.8. The molecule has 1 saturated heterocycles. The van der Waals surface area contributed by atoms with Gasteiger partial charge < -0.3 is 15.5 Å². The molecule has 7 nitrogen and oxygen atoms in total. The molecule has 2 heterocycles. The van der Waals surface area contributed by atoms with Crippen molar-refractivity contribution >= 4 is 23.4 Å². The SMILES string of the molecule is CCCCCN(c1cccc2c1CN(C1CCC(=O)NC1=O)C2=O)[C@@H]1CC[C@H](CN)C1. The van der Waals surface area contributed by atoms with Crippen molar-refractivity contribution < 1.29 is 14.4 Å². The molecule has 3 N–H and O–H groups in total. The second kappa shape index (κ2) is 9.39. The molecule has 0 aromatic heterocycles. The van der Waals surface area contributed by atoms with Gasteiger partial charge in [0.1, 0.15) is 6.04 Å². The van der Waals surface area contributed by atoms with E-state index in [9.17, 15) is 14.4 Å². The second-order valence-corrected chi connectivity index (χ2v) is 9.17. The van der Waals surface area contributed by atoms with Crippen molar-refractivity contribution in [1.29, 1.82) is 0 Å². The Labute approximate surface area is 184 Å². The van der Waals surface area contributed by atoms with E-state index in [0.29, 0.717) is 30.5 Å². The van der Waals surface area contributed by atoms with E-state index in [-0.39, 0.29) is 24.1 Å². The van der Waals surface area contributed by atoms with Crippen LogP contribution in [0.1, 0.15) is 74.2 Å². The fourth-order valence-corrected chi connectivity index (χ4v) is 5.42. The third kappa shape index (κ3) is 4.33. The van der Waals surface area contributed by atoms with Gasteiger partial charge in [-0.2, -0.15) is 0 Å². The van der Waals surface area contributed by atoms with E-state index in [0.717, 1.165) is 50.0 Å². The maximum atomic E-state index is 13.2. The summed E-state index contributed by atoms with van der Waals surface area (Å²) in [4.78, 5) is 41.3. The minimum Gasteiger partial charge on any atom is -0.368 e. The smallest absolute Gasteiger partial charge is 0.255 e. The van der Waals surface area contributed by atoms with E-state index in [2.05, 4.69) is 23.2 Å². The van der Waals surface area contributed by atoms with Crippen molar-refractivity contribution in [3.8, 4) is 0 Å². The summed E-state index contributed by atoms with van der Waals surface area (Å²) in [5, 5.41) is 2.39. The number of benzene rings is 1. The molecule has 7 heteroatoms. The number of imide groups is 1. The lowest BCUT2D eigenvalue weighted by Crippen LogP contribution is -2.52. The minimum atomic E-state index is -0.577. The Balaban J connectivity index is 1.60. The van der Waals surface area contributed by atoms with Crippen LogP contribution in [0.4, 0.5) is 5.69 Å². The molecule has 3 aliphatic rings. The quantitative estimate of drug-likeness (QED) is 0.492. The van der Waals surface area contributed by atoms with Crippen LogP contribution >= 0.6 is 0 Å². The van der Waals surface area contributed by atoms with Crippen molar-refractivity contribution in [2.45, 2.75) is 76.9 Å². The van der Waals surface area contributed by atoms with Crippen LogP contribution in [0, 0.1) is 5.92 Å². The summed E-state index contributed by atoms with van der Waals surface area (Å²) in [6.07, 6.45) is 7.50. The molecular weight excluding hydrogens is 392 g/mol. The molecule has 1 aliphatic carbocycles. The lowest BCUT2D eigenvalue weighted by molar-refractivity contribution is -0.136. The van der Waals surface area contributed by atoms with E-state index in [1.165, 1.54) is 12.8 Å². The van der Waals surface area contributed by atoms with Crippen LogP contribution < -0.4 is 16.0 Å². The molecule has 3 amide bonds. The molecule has 2 fully saturated rings. The summed E-state index contributed by atoms with van der Waals surface area (Å²) < 4.78 is 0. The van der Waals surface area contributed by atoms with E-state index < -0.39 is 6.04 Å². The highest BCUT2D eigenvalue weighted by atomic mass is 16.2. The zero-order valence-electron chi connectivity index (χ0n) is 18.4. The molecule has 1 aromatic rings. The summed E-state index contributed by atoms with van der Waals surface area (Å²) in [6, 6.07) is 5.82. The molecule has 2 aliphatic heterocycles. The Hall–Kier alpha value is -2.41. The van der Waals surface area contributed by atoms with E-state index in [4.69, 9.17) is 5.73 Å². The monoisotopic (exact) mass is 426 g/mol. The first-order chi connectivity index (χ1) is 15.0. The van der Waals surface area contributed by atoms with Gasteiger partial charge in [0.2, 0.25) is 11.8 Å². The van der Waals surface area contributed by atoms with Crippen molar-refractivity contribution in [3.63, 3.8) is 0 Å². The first-order valence-corrected chi connectivity index (χ1v) is 11.8. The summed E-state index contributed by atoms with van der Waals surface area (Å²) in [5.74, 6) is -0.160. The van der Waals surface area contributed by atoms with Crippen LogP contribution in [-0.2, 0) is 16.1 Å². The van der Waals surface area contributed by atoms with Crippen LogP contribution in [0.3, 0.4) is 0 Å². The molecule has 4 rings (SSSR count). The molecule has 1 aromatic carbocycles. The molecular formula is C24H34N4O3. The Bertz CT molecular complexity index is 855. The molecule has 31 heavy (non-hydrogen) atoms. The predicted molar refractivity (Wildman–Crippen MR) is 120 cm³/mol. The zero-order chi connectivity index (χ0) is 22.0. The number of hydrogen-bond acceptors (Lipinski definition) is 5. The number of unbranched alkanes of at least 4 members (excludes halogenated alkanes) is 2. The Morgan fingerprint density at radius 2 is 2.00 bits per heavy atom. The van der Waals surface area contributed by atoms with Crippen LogP contribution in [0.25, 0.3) is 0 Å². The number of rotatable bonds is 8. The molecule has 3 atom stereocenters. The number of hydrogen-bond donors (Lipinski definition) is 2. The van der Waals surface area contributed by atoms with Gasteiger partial charge in [-0.3, -0.25) is 19.7 Å². The van der Waals surface area contributed by atoms with Gasteiger partial charge in [0.25, 0.3) is 5.91 Å². The third-order valence-corrected chi connectivity index (χ3v) is 7.16. The van der Waals surface area contributed by atoms with E-state index in [1.54, 1.807) is 4.90 Å². The van der Waals surface area contributed by atoms with Crippen molar-refractivity contribution in [3.05, 3.63) is 29.3 Å². The van der Waals surface area contributed by atoms with Gasteiger partial charge in [-0.15, -0.1) is 0 Å². The maximum absolute atomic E-state index is 13.2. The molecule has 0 bridgehead atoms. The number of nitrogens with two attached hydrogens (primary N) is 1. The van der Waals surface area contributed by atoms with E-state index >= 15 is 0 Å². The third-order valence-electron chi connectivity index (χ3n) is 7.16. The lowest BCUT2D eigenvalue weighted by Gasteiger charge is -2.33. The van der Waals surface area contributed by atoms with Crippen LogP contribution in [0.5, 0.6) is 0 Å². The van der Waals surface area contributed by atoms with Gasteiger partial charge in [0, 0.05) is 42.4 Å². The number of nitrogens with one attached hydrogen (secondary N) is 1. The molecule has 0 spiro atoms. The number of amides is 3.